The lowest BCUT2D eigenvalue weighted by Gasteiger charge is -2.20. The second-order valence-corrected chi connectivity index (χ2v) is 6.54. The monoisotopic (exact) mass is 339 g/mol. The zero-order chi connectivity index (χ0) is 14.4. The van der Waals surface area contributed by atoms with Crippen LogP contribution in [0.5, 0.6) is 5.75 Å². The molecule has 1 heterocycles. The Kier molecular flexibility index (Phi) is 6.37. The maximum atomic E-state index is 5.85. The van der Waals surface area contributed by atoms with Crippen molar-refractivity contribution in [2.45, 2.75) is 57.9 Å². The van der Waals surface area contributed by atoms with Gasteiger partial charge in [0, 0.05) is 22.5 Å². The number of hydrogen-bond acceptors (Lipinski definition) is 2. The van der Waals surface area contributed by atoms with Crippen LogP contribution >= 0.6 is 15.9 Å². The fraction of sp³-hybridized carbons (Fsp3) is 0.647. The summed E-state index contributed by atoms with van der Waals surface area (Å²) in [5.41, 5.74) is 2.67. The number of ether oxygens (including phenoxy) is 1. The molecule has 0 saturated carbocycles. The molecule has 1 N–H and O–H groups in total. The predicted molar refractivity (Wildman–Crippen MR) is 88.5 cm³/mol. The standard InChI is InChI=1S/C17H26BrNO/c1-3-4-5-6-7-8-16(19-2)15-12-14(18)11-13-9-10-20-17(13)15/h11-12,16,19H,3-10H2,1-2H3. The van der Waals surface area contributed by atoms with Gasteiger partial charge in [-0.05, 0) is 31.2 Å². The van der Waals surface area contributed by atoms with E-state index in [1.807, 2.05) is 0 Å². The Bertz CT molecular complexity index is 433. The summed E-state index contributed by atoms with van der Waals surface area (Å²) in [4.78, 5) is 0. The summed E-state index contributed by atoms with van der Waals surface area (Å²) in [5, 5.41) is 3.47. The Morgan fingerprint density at radius 2 is 2.05 bits per heavy atom. The normalized spacial score (nSPS) is 14.9. The largest absolute Gasteiger partial charge is 0.493 e. The van der Waals surface area contributed by atoms with Gasteiger partial charge in [0.2, 0.25) is 0 Å². The third-order valence-corrected chi connectivity index (χ3v) is 4.56. The number of halogens is 1. The number of hydrogen-bond donors (Lipinski definition) is 1. The van der Waals surface area contributed by atoms with Gasteiger partial charge in [0.15, 0.2) is 0 Å². The van der Waals surface area contributed by atoms with Crippen molar-refractivity contribution in [1.82, 2.24) is 5.32 Å². The highest BCUT2D eigenvalue weighted by atomic mass is 79.9. The van der Waals surface area contributed by atoms with E-state index in [2.05, 4.69) is 47.4 Å². The SMILES string of the molecule is CCCCCCCC(NC)c1cc(Br)cc2c1OCC2. The van der Waals surface area contributed by atoms with Crippen molar-refractivity contribution in [3.63, 3.8) is 0 Å². The number of nitrogens with one attached hydrogen (secondary N) is 1. The smallest absolute Gasteiger partial charge is 0.127 e. The van der Waals surface area contributed by atoms with E-state index in [4.69, 9.17) is 4.74 Å². The molecule has 1 aliphatic rings. The zero-order valence-electron chi connectivity index (χ0n) is 12.7. The molecule has 20 heavy (non-hydrogen) atoms. The molecule has 0 bridgehead atoms. The van der Waals surface area contributed by atoms with Gasteiger partial charge < -0.3 is 10.1 Å². The summed E-state index contributed by atoms with van der Waals surface area (Å²) in [6.45, 7) is 3.09. The van der Waals surface area contributed by atoms with E-state index in [1.165, 1.54) is 54.1 Å². The molecule has 0 aliphatic carbocycles. The van der Waals surface area contributed by atoms with E-state index in [1.54, 1.807) is 0 Å². The molecular formula is C17H26BrNO. The first-order valence-electron chi connectivity index (χ1n) is 7.88. The molecule has 2 rings (SSSR count). The molecule has 0 fully saturated rings. The van der Waals surface area contributed by atoms with Crippen LogP contribution in [0.1, 0.15) is 62.6 Å². The first-order valence-corrected chi connectivity index (χ1v) is 8.68. The summed E-state index contributed by atoms with van der Waals surface area (Å²) in [5.74, 6) is 1.13. The van der Waals surface area contributed by atoms with Crippen LogP contribution in [0.2, 0.25) is 0 Å². The summed E-state index contributed by atoms with van der Waals surface area (Å²) in [6, 6.07) is 4.82. The summed E-state index contributed by atoms with van der Waals surface area (Å²) in [6.07, 6.45) is 8.87. The molecule has 1 unspecified atom stereocenters. The third kappa shape index (κ3) is 3.98. The fourth-order valence-electron chi connectivity index (χ4n) is 2.96. The summed E-state index contributed by atoms with van der Waals surface area (Å²) < 4.78 is 7.02. The van der Waals surface area contributed by atoms with E-state index in [9.17, 15) is 0 Å². The van der Waals surface area contributed by atoms with Crippen molar-refractivity contribution < 1.29 is 4.74 Å². The molecule has 0 aromatic heterocycles. The quantitative estimate of drug-likeness (QED) is 0.672. The molecule has 0 spiro atoms. The molecule has 1 atom stereocenters. The van der Waals surface area contributed by atoms with Gasteiger partial charge in [-0.1, -0.05) is 55.0 Å². The highest BCUT2D eigenvalue weighted by molar-refractivity contribution is 9.10. The lowest BCUT2D eigenvalue weighted by atomic mass is 9.97. The molecule has 3 heteroatoms. The minimum absolute atomic E-state index is 0.404. The third-order valence-electron chi connectivity index (χ3n) is 4.10. The first-order chi connectivity index (χ1) is 9.76. The second kappa shape index (κ2) is 8.04. The molecule has 2 nitrogen and oxygen atoms in total. The van der Waals surface area contributed by atoms with Gasteiger partial charge in [0.1, 0.15) is 5.75 Å². The molecule has 1 aliphatic heterocycles. The predicted octanol–water partition coefficient (Wildman–Crippen LogP) is 5.01. The minimum atomic E-state index is 0.404. The lowest BCUT2D eigenvalue weighted by Crippen LogP contribution is -2.17. The molecule has 0 amide bonds. The van der Waals surface area contributed by atoms with E-state index < -0.39 is 0 Å². The van der Waals surface area contributed by atoms with Crippen LogP contribution in [0.15, 0.2) is 16.6 Å². The second-order valence-electron chi connectivity index (χ2n) is 5.63. The van der Waals surface area contributed by atoms with Crippen molar-refractivity contribution >= 4 is 15.9 Å². The van der Waals surface area contributed by atoms with Gasteiger partial charge in [-0.25, -0.2) is 0 Å². The van der Waals surface area contributed by atoms with Crippen LogP contribution in [0, 0.1) is 0 Å². The minimum Gasteiger partial charge on any atom is -0.493 e. The number of benzene rings is 1. The van der Waals surface area contributed by atoms with Crippen molar-refractivity contribution in [1.29, 1.82) is 0 Å². The average molecular weight is 340 g/mol. The van der Waals surface area contributed by atoms with Crippen molar-refractivity contribution in [3.8, 4) is 5.75 Å². The molecule has 0 saturated heterocycles. The molecular weight excluding hydrogens is 314 g/mol. The lowest BCUT2D eigenvalue weighted by molar-refractivity contribution is 0.347. The van der Waals surface area contributed by atoms with E-state index >= 15 is 0 Å². The van der Waals surface area contributed by atoms with Gasteiger partial charge in [-0.15, -0.1) is 0 Å². The van der Waals surface area contributed by atoms with Gasteiger partial charge in [0.25, 0.3) is 0 Å². The highest BCUT2D eigenvalue weighted by Crippen LogP contribution is 2.37. The van der Waals surface area contributed by atoms with Gasteiger partial charge in [-0.2, -0.15) is 0 Å². The van der Waals surface area contributed by atoms with Crippen molar-refractivity contribution in [3.05, 3.63) is 27.7 Å². The fourth-order valence-corrected chi connectivity index (χ4v) is 3.49. The number of fused-ring (bicyclic) bond motifs is 1. The molecule has 112 valence electrons. The van der Waals surface area contributed by atoms with Crippen LogP contribution in [0.4, 0.5) is 0 Å². The molecule has 1 aromatic carbocycles. The maximum Gasteiger partial charge on any atom is 0.127 e. The highest BCUT2D eigenvalue weighted by Gasteiger charge is 2.22. The molecule has 0 radical (unpaired) electrons. The Hall–Kier alpha value is -0.540. The van der Waals surface area contributed by atoms with E-state index in [0.717, 1.165) is 18.8 Å². The van der Waals surface area contributed by atoms with Crippen LogP contribution in [0.25, 0.3) is 0 Å². The Morgan fingerprint density at radius 3 is 2.80 bits per heavy atom. The average Bonchev–Trinajstić information content (AvgIpc) is 2.90. The van der Waals surface area contributed by atoms with Crippen LogP contribution in [0.3, 0.4) is 0 Å². The van der Waals surface area contributed by atoms with E-state index in [-0.39, 0.29) is 0 Å². The Balaban J connectivity index is 2.00. The van der Waals surface area contributed by atoms with Gasteiger partial charge in [-0.3, -0.25) is 0 Å². The zero-order valence-corrected chi connectivity index (χ0v) is 14.3. The molecule has 1 aromatic rings. The van der Waals surface area contributed by atoms with E-state index in [0.29, 0.717) is 6.04 Å². The maximum absolute atomic E-state index is 5.85. The van der Waals surface area contributed by atoms with Gasteiger partial charge >= 0.3 is 0 Å². The summed E-state index contributed by atoms with van der Waals surface area (Å²) >= 11 is 3.63. The Labute approximate surface area is 131 Å². The van der Waals surface area contributed by atoms with Crippen LogP contribution < -0.4 is 10.1 Å². The van der Waals surface area contributed by atoms with Crippen LogP contribution in [-0.2, 0) is 6.42 Å². The summed E-state index contributed by atoms with van der Waals surface area (Å²) in [7, 11) is 2.05. The van der Waals surface area contributed by atoms with Crippen LogP contribution in [-0.4, -0.2) is 13.7 Å². The number of unbranched alkanes of at least 4 members (excludes halogenated alkanes) is 4. The van der Waals surface area contributed by atoms with Gasteiger partial charge in [0.05, 0.1) is 6.61 Å². The topological polar surface area (TPSA) is 21.3 Å². The van der Waals surface area contributed by atoms with Crippen molar-refractivity contribution in [2.24, 2.45) is 0 Å². The first kappa shape index (κ1) is 15.8. The van der Waals surface area contributed by atoms with Crippen molar-refractivity contribution in [2.75, 3.05) is 13.7 Å². The Morgan fingerprint density at radius 1 is 1.25 bits per heavy atom. The number of rotatable bonds is 8.